The molecule has 7 heteroatoms. The van der Waals surface area contributed by atoms with Crippen molar-refractivity contribution in [3.05, 3.63) is 60.2 Å². The van der Waals surface area contributed by atoms with Crippen LogP contribution >= 0.6 is 0 Å². The molecule has 4 rings (SSSR count). The summed E-state index contributed by atoms with van der Waals surface area (Å²) in [6.07, 6.45) is 6.41. The molecule has 3 heterocycles. The molecule has 2 saturated heterocycles. The molecule has 2 aromatic rings. The maximum atomic E-state index is 13.4. The van der Waals surface area contributed by atoms with Crippen LogP contribution in [0.4, 0.5) is 4.39 Å². The lowest BCUT2D eigenvalue weighted by atomic mass is 10.0. The third-order valence-corrected chi connectivity index (χ3v) is 7.06. The largest absolute Gasteiger partial charge is 0.489 e. The van der Waals surface area contributed by atoms with Crippen molar-refractivity contribution in [1.29, 1.82) is 0 Å². The fourth-order valence-corrected chi connectivity index (χ4v) is 6.20. The number of aromatic nitrogens is 1. The Morgan fingerprint density at radius 1 is 1.15 bits per heavy atom. The number of nitrogens with zero attached hydrogens (tertiary/aromatic N) is 2. The number of benzene rings is 1. The van der Waals surface area contributed by atoms with Crippen LogP contribution in [0.25, 0.3) is 0 Å². The Kier molecular flexibility index (Phi) is 4.67. The molecule has 1 aromatic heterocycles. The lowest BCUT2D eigenvalue weighted by Gasteiger charge is -2.37. The van der Waals surface area contributed by atoms with Crippen molar-refractivity contribution in [3.8, 4) is 5.75 Å². The van der Waals surface area contributed by atoms with Gasteiger partial charge in [0.25, 0.3) is 0 Å². The van der Waals surface area contributed by atoms with Crippen molar-refractivity contribution < 1.29 is 17.5 Å². The predicted octanol–water partition coefficient (Wildman–Crippen LogP) is 3.12. The molecule has 0 saturated carbocycles. The van der Waals surface area contributed by atoms with Crippen LogP contribution in [0.5, 0.6) is 5.75 Å². The molecule has 0 spiro atoms. The van der Waals surface area contributed by atoms with E-state index in [1.807, 2.05) is 12.1 Å². The van der Waals surface area contributed by atoms with E-state index in [0.717, 1.165) is 12.8 Å². The Morgan fingerprint density at radius 3 is 2.58 bits per heavy atom. The predicted molar refractivity (Wildman–Crippen MR) is 95.6 cm³/mol. The van der Waals surface area contributed by atoms with E-state index in [4.69, 9.17) is 4.74 Å². The number of ether oxygens (including phenoxy) is 1. The highest BCUT2D eigenvalue weighted by atomic mass is 32.2. The molecular weight excluding hydrogens is 355 g/mol. The van der Waals surface area contributed by atoms with E-state index in [9.17, 15) is 12.8 Å². The van der Waals surface area contributed by atoms with Gasteiger partial charge in [-0.15, -0.1) is 0 Å². The Bertz CT molecular complexity index is 861. The minimum absolute atomic E-state index is 0.00248. The van der Waals surface area contributed by atoms with Gasteiger partial charge in [0.2, 0.25) is 10.0 Å². The first kappa shape index (κ1) is 17.4. The number of piperidine rings is 1. The highest BCUT2D eigenvalue weighted by Crippen LogP contribution is 2.39. The summed E-state index contributed by atoms with van der Waals surface area (Å²) in [7, 11) is -3.49. The number of hydrogen-bond acceptors (Lipinski definition) is 4. The van der Waals surface area contributed by atoms with E-state index in [2.05, 4.69) is 4.98 Å². The Hall–Kier alpha value is -1.99. The molecule has 2 atom stereocenters. The monoisotopic (exact) mass is 376 g/mol. The Morgan fingerprint density at radius 2 is 1.92 bits per heavy atom. The van der Waals surface area contributed by atoms with Gasteiger partial charge in [0.05, 0.1) is 11.9 Å². The van der Waals surface area contributed by atoms with Crippen molar-refractivity contribution in [2.24, 2.45) is 0 Å². The minimum Gasteiger partial charge on any atom is -0.489 e. The molecule has 5 nitrogen and oxygen atoms in total. The van der Waals surface area contributed by atoms with E-state index in [1.54, 1.807) is 28.8 Å². The van der Waals surface area contributed by atoms with E-state index in [1.165, 1.54) is 12.1 Å². The van der Waals surface area contributed by atoms with Crippen LogP contribution in [0.2, 0.25) is 0 Å². The second-order valence-electron chi connectivity index (χ2n) is 7.00. The lowest BCUT2D eigenvalue weighted by Crippen LogP contribution is -2.49. The third-order valence-electron chi connectivity index (χ3n) is 5.12. The zero-order valence-corrected chi connectivity index (χ0v) is 15.1. The second-order valence-corrected chi connectivity index (χ2v) is 8.88. The number of pyridine rings is 1. The van der Waals surface area contributed by atoms with Crippen LogP contribution in [0.3, 0.4) is 0 Å². The molecule has 138 valence electrons. The summed E-state index contributed by atoms with van der Waals surface area (Å²) in [6.45, 7) is 0. The van der Waals surface area contributed by atoms with Gasteiger partial charge in [0.1, 0.15) is 17.7 Å². The summed E-state index contributed by atoms with van der Waals surface area (Å²) in [5.74, 6) is 0.142. The molecule has 2 aliphatic rings. The highest BCUT2D eigenvalue weighted by molar-refractivity contribution is 7.88. The number of fused-ring (bicyclic) bond motifs is 2. The minimum atomic E-state index is -3.49. The molecule has 0 amide bonds. The average molecular weight is 376 g/mol. The Labute approximate surface area is 152 Å². The van der Waals surface area contributed by atoms with Gasteiger partial charge in [-0.25, -0.2) is 12.8 Å². The van der Waals surface area contributed by atoms with Crippen LogP contribution in [0.1, 0.15) is 31.2 Å². The molecule has 0 aliphatic carbocycles. The van der Waals surface area contributed by atoms with Crippen LogP contribution in [0, 0.1) is 5.82 Å². The first-order valence-corrected chi connectivity index (χ1v) is 10.4. The molecule has 2 aliphatic heterocycles. The van der Waals surface area contributed by atoms with Gasteiger partial charge in [-0.05, 0) is 42.7 Å². The molecule has 0 N–H and O–H groups in total. The quantitative estimate of drug-likeness (QED) is 0.804. The van der Waals surface area contributed by atoms with Gasteiger partial charge in [-0.1, -0.05) is 12.1 Å². The molecule has 2 bridgehead atoms. The number of sulfonamides is 1. The second kappa shape index (κ2) is 6.96. The number of halogens is 1. The topological polar surface area (TPSA) is 59.5 Å². The summed E-state index contributed by atoms with van der Waals surface area (Å²) < 4.78 is 46.9. The smallest absolute Gasteiger partial charge is 0.218 e. The fraction of sp³-hybridized carbons (Fsp3) is 0.421. The van der Waals surface area contributed by atoms with Gasteiger partial charge in [-0.2, -0.15) is 4.31 Å². The summed E-state index contributed by atoms with van der Waals surface area (Å²) in [5, 5.41) is 0. The van der Waals surface area contributed by atoms with Crippen molar-refractivity contribution >= 4 is 10.0 Å². The van der Waals surface area contributed by atoms with Gasteiger partial charge in [0.15, 0.2) is 0 Å². The van der Waals surface area contributed by atoms with Crippen LogP contribution in [-0.2, 0) is 15.8 Å². The molecule has 26 heavy (non-hydrogen) atoms. The van der Waals surface area contributed by atoms with Crippen molar-refractivity contribution in [1.82, 2.24) is 9.29 Å². The van der Waals surface area contributed by atoms with Crippen molar-refractivity contribution in [3.63, 3.8) is 0 Å². The van der Waals surface area contributed by atoms with Gasteiger partial charge < -0.3 is 4.74 Å². The van der Waals surface area contributed by atoms with E-state index < -0.39 is 15.8 Å². The summed E-state index contributed by atoms with van der Waals surface area (Å²) in [6, 6.07) is 9.40. The Balaban J connectivity index is 1.47. The molecule has 1 aromatic carbocycles. The first-order valence-electron chi connectivity index (χ1n) is 8.83. The van der Waals surface area contributed by atoms with Crippen LogP contribution < -0.4 is 4.74 Å². The zero-order valence-electron chi connectivity index (χ0n) is 14.3. The van der Waals surface area contributed by atoms with E-state index in [0.29, 0.717) is 24.2 Å². The van der Waals surface area contributed by atoms with Crippen molar-refractivity contribution in [2.45, 2.75) is 49.6 Å². The maximum Gasteiger partial charge on any atom is 0.218 e. The standard InChI is InChI=1S/C19H21FN2O3S/c20-15-4-1-3-14(9-15)13-26(23,24)22-16-6-7-17(22)11-19(10-16)25-18-5-2-8-21-12-18/h1-5,8-9,12,16-17,19H,6-7,10-11,13H2. The normalized spacial score (nSPS) is 26.0. The van der Waals surface area contributed by atoms with Crippen molar-refractivity contribution in [2.75, 3.05) is 0 Å². The summed E-state index contributed by atoms with van der Waals surface area (Å²) >= 11 is 0. The molecular formula is C19H21FN2O3S. The SMILES string of the molecule is O=S(=O)(Cc1cccc(F)c1)N1C2CCC1CC(Oc1cccnc1)C2. The molecule has 2 fully saturated rings. The van der Waals surface area contributed by atoms with Crippen LogP contribution in [0.15, 0.2) is 48.8 Å². The number of hydrogen-bond donors (Lipinski definition) is 0. The fourth-order valence-electron chi connectivity index (χ4n) is 4.16. The van der Waals surface area contributed by atoms with Crippen LogP contribution in [-0.4, -0.2) is 35.9 Å². The maximum absolute atomic E-state index is 13.4. The van der Waals surface area contributed by atoms with Gasteiger partial charge in [-0.3, -0.25) is 4.98 Å². The summed E-state index contributed by atoms with van der Waals surface area (Å²) in [5.41, 5.74) is 0.484. The average Bonchev–Trinajstić information content (AvgIpc) is 2.88. The van der Waals surface area contributed by atoms with Gasteiger partial charge in [0, 0.05) is 31.1 Å². The summed E-state index contributed by atoms with van der Waals surface area (Å²) in [4.78, 5) is 4.05. The van der Waals surface area contributed by atoms with Gasteiger partial charge >= 0.3 is 0 Å². The first-order chi connectivity index (χ1) is 12.5. The highest BCUT2D eigenvalue weighted by Gasteiger charge is 2.47. The lowest BCUT2D eigenvalue weighted by molar-refractivity contribution is 0.0953. The third kappa shape index (κ3) is 3.59. The molecule has 2 unspecified atom stereocenters. The molecule has 0 radical (unpaired) electrons. The van der Waals surface area contributed by atoms with E-state index >= 15 is 0 Å². The van der Waals surface area contributed by atoms with E-state index in [-0.39, 0.29) is 23.9 Å². The number of rotatable bonds is 5. The zero-order chi connectivity index (χ0) is 18.1.